The van der Waals surface area contributed by atoms with Crippen LogP contribution in [0.1, 0.15) is 22.3 Å². The van der Waals surface area contributed by atoms with E-state index in [1.807, 2.05) is 37.4 Å². The Morgan fingerprint density at radius 1 is 1.44 bits per heavy atom. The maximum Gasteiger partial charge on any atom is 0.338 e. The van der Waals surface area contributed by atoms with E-state index in [1.54, 1.807) is 6.07 Å². The van der Waals surface area contributed by atoms with Crippen LogP contribution in [-0.2, 0) is 4.74 Å². The van der Waals surface area contributed by atoms with Crippen LogP contribution in [0.2, 0.25) is 0 Å². The zero-order valence-electron chi connectivity index (χ0n) is 9.69. The molecule has 1 rings (SSSR count). The molecule has 3 heteroatoms. The van der Waals surface area contributed by atoms with E-state index in [4.69, 9.17) is 4.74 Å². The third-order valence-corrected chi connectivity index (χ3v) is 2.22. The van der Waals surface area contributed by atoms with Gasteiger partial charge in [-0.2, -0.15) is 0 Å². The highest BCUT2D eigenvalue weighted by atomic mass is 16.5. The summed E-state index contributed by atoms with van der Waals surface area (Å²) in [6.07, 6.45) is 4.92. The number of ether oxygens (including phenoxy) is 1. The molecule has 0 aliphatic rings. The van der Waals surface area contributed by atoms with Crippen molar-refractivity contribution in [3.63, 3.8) is 0 Å². The van der Waals surface area contributed by atoms with E-state index < -0.39 is 0 Å². The molecule has 0 fully saturated rings. The number of carbonyl (C=O) groups excluding carboxylic acids is 1. The Balaban J connectivity index is 2.78. The number of hydrogen-bond acceptors (Lipinski definition) is 3. The Kier molecular flexibility index (Phi) is 5.29. The number of rotatable bonds is 5. The van der Waals surface area contributed by atoms with Crippen LogP contribution in [0.15, 0.2) is 30.3 Å². The van der Waals surface area contributed by atoms with E-state index >= 15 is 0 Å². The Hall–Kier alpha value is -1.61. The second kappa shape index (κ2) is 6.80. The normalized spacial score (nSPS) is 10.6. The molecule has 0 aliphatic carbocycles. The molecule has 0 amide bonds. The van der Waals surface area contributed by atoms with Crippen molar-refractivity contribution in [2.45, 2.75) is 6.42 Å². The van der Waals surface area contributed by atoms with Gasteiger partial charge in [-0.05, 0) is 31.6 Å². The molecule has 0 bridgehead atoms. The molecule has 0 heterocycles. The lowest BCUT2D eigenvalue weighted by Gasteiger charge is -2.03. The summed E-state index contributed by atoms with van der Waals surface area (Å²) in [6.45, 7) is 0.927. The van der Waals surface area contributed by atoms with Gasteiger partial charge in [-0.3, -0.25) is 0 Å². The average molecular weight is 219 g/mol. The van der Waals surface area contributed by atoms with Crippen LogP contribution in [-0.4, -0.2) is 26.7 Å². The molecule has 0 saturated carbocycles. The van der Waals surface area contributed by atoms with E-state index in [0.29, 0.717) is 5.56 Å². The fourth-order valence-electron chi connectivity index (χ4n) is 1.38. The molecule has 16 heavy (non-hydrogen) atoms. The highest BCUT2D eigenvalue weighted by molar-refractivity contribution is 5.93. The van der Waals surface area contributed by atoms with Gasteiger partial charge in [0, 0.05) is 0 Å². The van der Waals surface area contributed by atoms with Crippen LogP contribution in [0.4, 0.5) is 0 Å². The lowest BCUT2D eigenvalue weighted by atomic mass is 10.1. The van der Waals surface area contributed by atoms with Crippen molar-refractivity contribution in [3.8, 4) is 0 Å². The molecule has 0 radical (unpaired) electrons. The molecular weight excluding hydrogens is 202 g/mol. The maximum atomic E-state index is 11.5. The number of carbonyl (C=O) groups is 1. The summed E-state index contributed by atoms with van der Waals surface area (Å²) in [5.41, 5.74) is 1.50. The monoisotopic (exact) mass is 219 g/mol. The van der Waals surface area contributed by atoms with Crippen LogP contribution < -0.4 is 5.32 Å². The lowest BCUT2D eigenvalue weighted by molar-refractivity contribution is 0.0600. The number of esters is 1. The topological polar surface area (TPSA) is 38.3 Å². The van der Waals surface area contributed by atoms with Gasteiger partial charge in [0.25, 0.3) is 0 Å². The Labute approximate surface area is 96.1 Å². The quantitative estimate of drug-likeness (QED) is 0.608. The van der Waals surface area contributed by atoms with Crippen molar-refractivity contribution in [3.05, 3.63) is 41.5 Å². The molecule has 0 aromatic heterocycles. The first-order chi connectivity index (χ1) is 7.79. The van der Waals surface area contributed by atoms with Gasteiger partial charge in [0.1, 0.15) is 0 Å². The van der Waals surface area contributed by atoms with Crippen LogP contribution in [0.3, 0.4) is 0 Å². The molecule has 3 nitrogen and oxygen atoms in total. The Bertz CT molecular complexity index is 372. The molecule has 1 aromatic rings. The van der Waals surface area contributed by atoms with E-state index in [9.17, 15) is 4.79 Å². The minimum Gasteiger partial charge on any atom is -0.465 e. The fraction of sp³-hybridized carbons (Fsp3) is 0.308. The Morgan fingerprint density at radius 3 is 2.88 bits per heavy atom. The highest BCUT2D eigenvalue weighted by Crippen LogP contribution is 2.12. The van der Waals surface area contributed by atoms with Gasteiger partial charge in [-0.15, -0.1) is 0 Å². The molecule has 86 valence electrons. The minimum atomic E-state index is -0.297. The summed E-state index contributed by atoms with van der Waals surface area (Å²) in [7, 11) is 3.31. The molecule has 0 aliphatic heterocycles. The number of hydrogen-bond donors (Lipinski definition) is 1. The van der Waals surface area contributed by atoms with Crippen LogP contribution >= 0.6 is 0 Å². The second-order valence-electron chi connectivity index (χ2n) is 3.37. The Morgan fingerprint density at radius 2 is 2.19 bits per heavy atom. The van der Waals surface area contributed by atoms with Gasteiger partial charge in [-0.25, -0.2) is 4.79 Å². The van der Waals surface area contributed by atoms with Gasteiger partial charge >= 0.3 is 5.97 Å². The first-order valence-corrected chi connectivity index (χ1v) is 5.28. The summed E-state index contributed by atoms with van der Waals surface area (Å²) in [6, 6.07) is 7.41. The highest BCUT2D eigenvalue weighted by Gasteiger charge is 2.07. The summed E-state index contributed by atoms with van der Waals surface area (Å²) >= 11 is 0. The van der Waals surface area contributed by atoms with Gasteiger partial charge in [-0.1, -0.05) is 30.4 Å². The van der Waals surface area contributed by atoms with E-state index in [2.05, 4.69) is 5.32 Å². The third-order valence-electron chi connectivity index (χ3n) is 2.22. The first-order valence-electron chi connectivity index (χ1n) is 5.28. The average Bonchev–Trinajstić information content (AvgIpc) is 2.34. The molecule has 0 spiro atoms. The summed E-state index contributed by atoms with van der Waals surface area (Å²) in [5.74, 6) is -0.297. The molecule has 0 atom stereocenters. The lowest BCUT2D eigenvalue weighted by Crippen LogP contribution is -2.06. The predicted molar refractivity (Wildman–Crippen MR) is 65.4 cm³/mol. The van der Waals surface area contributed by atoms with Crippen molar-refractivity contribution in [2.75, 3.05) is 20.7 Å². The maximum absolute atomic E-state index is 11.5. The first kappa shape index (κ1) is 12.5. The third kappa shape index (κ3) is 3.51. The van der Waals surface area contributed by atoms with Crippen molar-refractivity contribution >= 4 is 12.0 Å². The number of nitrogens with one attached hydrogen (secondary N) is 1. The predicted octanol–water partition coefficient (Wildman–Crippen LogP) is 2.10. The fourth-order valence-corrected chi connectivity index (χ4v) is 1.38. The summed E-state index contributed by atoms with van der Waals surface area (Å²) in [4.78, 5) is 11.5. The molecule has 1 N–H and O–H groups in total. The second-order valence-corrected chi connectivity index (χ2v) is 3.37. The van der Waals surface area contributed by atoms with E-state index in [0.717, 1.165) is 18.5 Å². The van der Waals surface area contributed by atoms with Gasteiger partial charge in [0.2, 0.25) is 0 Å². The van der Waals surface area contributed by atoms with E-state index in [-0.39, 0.29) is 5.97 Å². The SMILES string of the molecule is CNCCC=Cc1ccccc1C(=O)OC. The molecule has 0 unspecified atom stereocenters. The summed E-state index contributed by atoms with van der Waals surface area (Å²) in [5, 5.41) is 3.06. The zero-order valence-corrected chi connectivity index (χ0v) is 9.69. The van der Waals surface area contributed by atoms with Crippen LogP contribution in [0.25, 0.3) is 6.08 Å². The van der Waals surface area contributed by atoms with Gasteiger partial charge < -0.3 is 10.1 Å². The van der Waals surface area contributed by atoms with Gasteiger partial charge in [0.05, 0.1) is 12.7 Å². The van der Waals surface area contributed by atoms with Crippen LogP contribution in [0, 0.1) is 0 Å². The molecular formula is C13H17NO2. The van der Waals surface area contributed by atoms with Crippen molar-refractivity contribution in [1.29, 1.82) is 0 Å². The minimum absolute atomic E-state index is 0.297. The zero-order chi connectivity index (χ0) is 11.8. The number of benzene rings is 1. The van der Waals surface area contributed by atoms with Crippen molar-refractivity contribution in [1.82, 2.24) is 5.32 Å². The van der Waals surface area contributed by atoms with Crippen molar-refractivity contribution < 1.29 is 9.53 Å². The summed E-state index contributed by atoms with van der Waals surface area (Å²) < 4.78 is 4.72. The number of methoxy groups -OCH3 is 1. The smallest absolute Gasteiger partial charge is 0.338 e. The van der Waals surface area contributed by atoms with Crippen LogP contribution in [0.5, 0.6) is 0 Å². The van der Waals surface area contributed by atoms with E-state index in [1.165, 1.54) is 7.11 Å². The molecule has 1 aromatic carbocycles. The standard InChI is InChI=1S/C13H17NO2/c1-14-10-6-5-8-11-7-3-4-9-12(11)13(15)16-2/h3-5,7-9,14H,6,10H2,1-2H3. The largest absolute Gasteiger partial charge is 0.465 e. The van der Waals surface area contributed by atoms with Gasteiger partial charge in [0.15, 0.2) is 0 Å². The van der Waals surface area contributed by atoms with Crippen molar-refractivity contribution in [2.24, 2.45) is 0 Å². The molecule has 0 saturated heterocycles.